The first-order valence-electron chi connectivity index (χ1n) is 4.19. The van der Waals surface area contributed by atoms with Gasteiger partial charge in [0, 0.05) is 12.5 Å². The van der Waals surface area contributed by atoms with E-state index in [1.165, 1.54) is 0 Å². The van der Waals surface area contributed by atoms with Gasteiger partial charge in [0.05, 0.1) is 6.10 Å². The molecule has 0 amide bonds. The Balaban J connectivity index is 2.38. The molecule has 2 heteroatoms. The van der Waals surface area contributed by atoms with E-state index in [4.69, 9.17) is 0 Å². The monoisotopic (exact) mass is 155 g/mol. The highest BCUT2D eigenvalue weighted by molar-refractivity contribution is 4.97. The van der Waals surface area contributed by atoms with Gasteiger partial charge in [0.2, 0.25) is 0 Å². The summed E-state index contributed by atoms with van der Waals surface area (Å²) in [6, 6.07) is 0. The van der Waals surface area contributed by atoms with Crippen LogP contribution >= 0.6 is 0 Å². The highest BCUT2D eigenvalue weighted by Gasteiger charge is 2.19. The molecule has 1 aliphatic carbocycles. The van der Waals surface area contributed by atoms with Crippen molar-refractivity contribution in [2.75, 3.05) is 20.6 Å². The molecule has 2 atom stereocenters. The Bertz CT molecular complexity index is 142. The standard InChI is InChI=1S/C9H17NO/c1-10(2)7-8-5-3-4-6-9(8)11/h4,6,8-9,11H,3,5,7H2,1-2H3/t8-,9-/m1/s1. The van der Waals surface area contributed by atoms with Gasteiger partial charge in [-0.25, -0.2) is 0 Å². The average Bonchev–Trinajstić information content (AvgIpc) is 1.93. The van der Waals surface area contributed by atoms with E-state index in [1.807, 2.05) is 20.2 Å². The molecule has 0 spiro atoms. The van der Waals surface area contributed by atoms with Crippen LogP contribution in [0.1, 0.15) is 12.8 Å². The summed E-state index contributed by atoms with van der Waals surface area (Å²) in [7, 11) is 4.09. The van der Waals surface area contributed by atoms with Crippen molar-refractivity contribution in [1.29, 1.82) is 0 Å². The second kappa shape index (κ2) is 3.88. The smallest absolute Gasteiger partial charge is 0.0761 e. The van der Waals surface area contributed by atoms with E-state index in [-0.39, 0.29) is 6.10 Å². The topological polar surface area (TPSA) is 23.5 Å². The first-order valence-corrected chi connectivity index (χ1v) is 4.19. The number of hydrogen-bond donors (Lipinski definition) is 1. The molecule has 0 radical (unpaired) electrons. The van der Waals surface area contributed by atoms with Crippen LogP contribution in [0.25, 0.3) is 0 Å². The summed E-state index contributed by atoms with van der Waals surface area (Å²) in [5, 5.41) is 9.50. The molecule has 2 nitrogen and oxygen atoms in total. The van der Waals surface area contributed by atoms with Crippen LogP contribution in [-0.4, -0.2) is 36.8 Å². The van der Waals surface area contributed by atoms with Crippen molar-refractivity contribution in [2.45, 2.75) is 18.9 Å². The zero-order valence-corrected chi connectivity index (χ0v) is 7.33. The number of aliphatic hydroxyl groups excluding tert-OH is 1. The van der Waals surface area contributed by atoms with Crippen LogP contribution in [0.15, 0.2) is 12.2 Å². The first kappa shape index (κ1) is 8.75. The fraction of sp³-hybridized carbons (Fsp3) is 0.778. The van der Waals surface area contributed by atoms with Crippen molar-refractivity contribution in [2.24, 2.45) is 5.92 Å². The molecule has 0 heterocycles. The van der Waals surface area contributed by atoms with Gasteiger partial charge in [0.1, 0.15) is 0 Å². The van der Waals surface area contributed by atoms with Crippen LogP contribution in [0.5, 0.6) is 0 Å². The Kier molecular flexibility index (Phi) is 3.09. The van der Waals surface area contributed by atoms with Gasteiger partial charge in [-0.1, -0.05) is 12.2 Å². The van der Waals surface area contributed by atoms with Gasteiger partial charge in [-0.3, -0.25) is 0 Å². The van der Waals surface area contributed by atoms with E-state index in [0.29, 0.717) is 5.92 Å². The van der Waals surface area contributed by atoms with E-state index in [0.717, 1.165) is 19.4 Å². The minimum atomic E-state index is -0.217. The molecule has 0 unspecified atom stereocenters. The van der Waals surface area contributed by atoms with Gasteiger partial charge in [-0.2, -0.15) is 0 Å². The van der Waals surface area contributed by atoms with E-state index < -0.39 is 0 Å². The van der Waals surface area contributed by atoms with Crippen LogP contribution in [-0.2, 0) is 0 Å². The third-order valence-electron chi connectivity index (χ3n) is 2.12. The van der Waals surface area contributed by atoms with Crippen molar-refractivity contribution in [1.82, 2.24) is 4.90 Å². The SMILES string of the molecule is CN(C)C[C@H]1CCC=C[C@H]1O. The number of allylic oxidation sites excluding steroid dienone is 1. The van der Waals surface area contributed by atoms with Crippen LogP contribution < -0.4 is 0 Å². The number of rotatable bonds is 2. The molecule has 0 bridgehead atoms. The molecule has 1 N–H and O–H groups in total. The summed E-state index contributed by atoms with van der Waals surface area (Å²) in [5.41, 5.74) is 0. The predicted octanol–water partition coefficient (Wildman–Crippen LogP) is 0.875. The highest BCUT2D eigenvalue weighted by Crippen LogP contribution is 2.18. The summed E-state index contributed by atoms with van der Waals surface area (Å²) in [6.45, 7) is 0.992. The Morgan fingerprint density at radius 1 is 1.55 bits per heavy atom. The zero-order chi connectivity index (χ0) is 8.27. The lowest BCUT2D eigenvalue weighted by Crippen LogP contribution is -2.31. The maximum absolute atomic E-state index is 9.50. The highest BCUT2D eigenvalue weighted by atomic mass is 16.3. The molecule has 0 aromatic rings. The first-order chi connectivity index (χ1) is 5.20. The molecule has 0 aromatic carbocycles. The molecule has 0 fully saturated rings. The van der Waals surface area contributed by atoms with Gasteiger partial charge >= 0.3 is 0 Å². The Hall–Kier alpha value is -0.340. The second-order valence-corrected chi connectivity index (χ2v) is 3.52. The zero-order valence-electron chi connectivity index (χ0n) is 7.33. The van der Waals surface area contributed by atoms with E-state index >= 15 is 0 Å². The lowest BCUT2D eigenvalue weighted by Gasteiger charge is -2.26. The number of hydrogen-bond acceptors (Lipinski definition) is 2. The molecule has 64 valence electrons. The largest absolute Gasteiger partial charge is 0.389 e. The van der Waals surface area contributed by atoms with Crippen molar-refractivity contribution in [3.8, 4) is 0 Å². The molecular formula is C9H17NO. The van der Waals surface area contributed by atoms with Gasteiger partial charge < -0.3 is 10.0 Å². The van der Waals surface area contributed by atoms with Gasteiger partial charge in [-0.15, -0.1) is 0 Å². The maximum Gasteiger partial charge on any atom is 0.0761 e. The molecule has 0 aromatic heterocycles. The predicted molar refractivity (Wildman–Crippen MR) is 46.4 cm³/mol. The normalized spacial score (nSPS) is 31.3. The fourth-order valence-corrected chi connectivity index (χ4v) is 1.54. The summed E-state index contributed by atoms with van der Waals surface area (Å²) in [6.07, 6.45) is 6.01. The fourth-order valence-electron chi connectivity index (χ4n) is 1.54. The summed E-state index contributed by atoms with van der Waals surface area (Å²) < 4.78 is 0. The third kappa shape index (κ3) is 2.64. The summed E-state index contributed by atoms with van der Waals surface area (Å²) in [4.78, 5) is 2.13. The lowest BCUT2D eigenvalue weighted by atomic mass is 9.91. The minimum absolute atomic E-state index is 0.217. The van der Waals surface area contributed by atoms with E-state index in [2.05, 4.69) is 11.0 Å². The number of nitrogens with zero attached hydrogens (tertiary/aromatic N) is 1. The lowest BCUT2D eigenvalue weighted by molar-refractivity contribution is 0.118. The van der Waals surface area contributed by atoms with E-state index in [9.17, 15) is 5.11 Å². The van der Waals surface area contributed by atoms with Gasteiger partial charge in [0.25, 0.3) is 0 Å². The second-order valence-electron chi connectivity index (χ2n) is 3.52. The van der Waals surface area contributed by atoms with E-state index in [1.54, 1.807) is 0 Å². The van der Waals surface area contributed by atoms with Crippen LogP contribution in [0, 0.1) is 5.92 Å². The Morgan fingerprint density at radius 2 is 2.27 bits per heavy atom. The van der Waals surface area contributed by atoms with Crippen molar-refractivity contribution in [3.05, 3.63) is 12.2 Å². The number of aliphatic hydroxyl groups is 1. The van der Waals surface area contributed by atoms with Crippen LogP contribution in [0.2, 0.25) is 0 Å². The summed E-state index contributed by atoms with van der Waals surface area (Å²) >= 11 is 0. The molecule has 0 aliphatic heterocycles. The maximum atomic E-state index is 9.50. The Morgan fingerprint density at radius 3 is 2.82 bits per heavy atom. The van der Waals surface area contributed by atoms with Crippen LogP contribution in [0.3, 0.4) is 0 Å². The molecule has 11 heavy (non-hydrogen) atoms. The molecule has 0 saturated carbocycles. The average molecular weight is 155 g/mol. The van der Waals surface area contributed by atoms with Crippen molar-refractivity contribution in [3.63, 3.8) is 0 Å². The quantitative estimate of drug-likeness (QED) is 0.598. The molecule has 1 rings (SSSR count). The molecule has 0 saturated heterocycles. The van der Waals surface area contributed by atoms with Gasteiger partial charge in [-0.05, 0) is 26.9 Å². The third-order valence-corrected chi connectivity index (χ3v) is 2.12. The van der Waals surface area contributed by atoms with Crippen LogP contribution in [0.4, 0.5) is 0 Å². The van der Waals surface area contributed by atoms with Crippen molar-refractivity contribution < 1.29 is 5.11 Å². The molecule has 1 aliphatic rings. The summed E-state index contributed by atoms with van der Waals surface area (Å²) in [5.74, 6) is 0.440. The van der Waals surface area contributed by atoms with Gasteiger partial charge in [0.15, 0.2) is 0 Å². The Labute approximate surface area is 68.5 Å². The van der Waals surface area contributed by atoms with Crippen molar-refractivity contribution >= 4 is 0 Å². The minimum Gasteiger partial charge on any atom is -0.389 e. The molecular weight excluding hydrogens is 138 g/mol.